The molecule has 0 atom stereocenters. The van der Waals surface area contributed by atoms with Crippen LogP contribution in [0.4, 0.5) is 10.1 Å². The summed E-state index contributed by atoms with van der Waals surface area (Å²) in [6, 6.07) is 16.4. The van der Waals surface area contributed by atoms with Gasteiger partial charge in [-0.3, -0.25) is 9.78 Å². The van der Waals surface area contributed by atoms with Crippen LogP contribution >= 0.6 is 0 Å². The Morgan fingerprint density at radius 1 is 1.00 bits per heavy atom. The van der Waals surface area contributed by atoms with Gasteiger partial charge in [-0.25, -0.2) is 4.39 Å². The van der Waals surface area contributed by atoms with Crippen molar-refractivity contribution in [2.24, 2.45) is 0 Å². The van der Waals surface area contributed by atoms with E-state index in [9.17, 15) is 9.18 Å². The lowest BCUT2D eigenvalue weighted by Crippen LogP contribution is -2.07. The van der Waals surface area contributed by atoms with Gasteiger partial charge in [0.25, 0.3) is 0 Å². The molecule has 1 heterocycles. The third-order valence-electron chi connectivity index (χ3n) is 3.29. The van der Waals surface area contributed by atoms with Gasteiger partial charge in [0.05, 0.1) is 0 Å². The molecule has 0 saturated heterocycles. The number of halogens is 1. The molecular weight excluding hydrogens is 319 g/mol. The summed E-state index contributed by atoms with van der Waals surface area (Å²) in [4.78, 5) is 15.8. The Morgan fingerprint density at radius 2 is 1.76 bits per heavy atom. The molecule has 0 fully saturated rings. The summed E-state index contributed by atoms with van der Waals surface area (Å²) < 4.78 is 18.7. The first kappa shape index (κ1) is 16.4. The molecule has 1 aromatic heterocycles. The first-order valence-electron chi connectivity index (χ1n) is 7.62. The summed E-state index contributed by atoms with van der Waals surface area (Å²) in [5.74, 6) is 0.367. The lowest BCUT2D eigenvalue weighted by atomic mass is 10.2. The Hall–Kier alpha value is -3.47. The van der Waals surface area contributed by atoms with Crippen molar-refractivity contribution < 1.29 is 13.9 Å². The van der Waals surface area contributed by atoms with E-state index in [0.29, 0.717) is 17.2 Å². The lowest BCUT2D eigenvalue weighted by Gasteiger charge is -2.07. The minimum absolute atomic E-state index is 0.240. The van der Waals surface area contributed by atoms with Crippen molar-refractivity contribution in [2.45, 2.75) is 0 Å². The predicted octanol–water partition coefficient (Wildman–Crippen LogP) is 4.66. The van der Waals surface area contributed by atoms with Crippen LogP contribution in [0.15, 0.2) is 79.1 Å². The normalized spacial score (nSPS) is 10.6. The first-order valence-corrected chi connectivity index (χ1v) is 7.62. The summed E-state index contributed by atoms with van der Waals surface area (Å²) in [6.45, 7) is 0. The predicted molar refractivity (Wildman–Crippen MR) is 94.8 cm³/mol. The number of pyridine rings is 1. The number of hydrogen-bond acceptors (Lipinski definition) is 3. The molecule has 5 heteroatoms. The molecule has 0 bridgehead atoms. The van der Waals surface area contributed by atoms with Crippen LogP contribution in [-0.2, 0) is 4.79 Å². The van der Waals surface area contributed by atoms with Gasteiger partial charge < -0.3 is 10.1 Å². The quantitative estimate of drug-likeness (QED) is 0.690. The zero-order chi connectivity index (χ0) is 17.5. The molecule has 0 aliphatic carbocycles. The highest BCUT2D eigenvalue weighted by Crippen LogP contribution is 2.23. The number of amides is 1. The van der Waals surface area contributed by atoms with Crippen LogP contribution in [0.3, 0.4) is 0 Å². The average Bonchev–Trinajstić information content (AvgIpc) is 2.63. The lowest BCUT2D eigenvalue weighted by molar-refractivity contribution is -0.111. The van der Waals surface area contributed by atoms with Gasteiger partial charge in [0, 0.05) is 30.2 Å². The maximum Gasteiger partial charge on any atom is 0.248 e. The molecule has 1 amide bonds. The maximum atomic E-state index is 13.1. The zero-order valence-electron chi connectivity index (χ0n) is 13.2. The van der Waals surface area contributed by atoms with Crippen LogP contribution in [0.1, 0.15) is 5.56 Å². The van der Waals surface area contributed by atoms with E-state index >= 15 is 0 Å². The number of rotatable bonds is 5. The Kier molecular flexibility index (Phi) is 5.16. The molecule has 4 nitrogen and oxygen atoms in total. The monoisotopic (exact) mass is 334 g/mol. The van der Waals surface area contributed by atoms with Gasteiger partial charge in [-0.15, -0.1) is 0 Å². The van der Waals surface area contributed by atoms with Crippen molar-refractivity contribution in [1.82, 2.24) is 4.98 Å². The van der Waals surface area contributed by atoms with E-state index in [1.54, 1.807) is 54.9 Å². The van der Waals surface area contributed by atoms with Gasteiger partial charge in [0.2, 0.25) is 5.91 Å². The highest BCUT2D eigenvalue weighted by atomic mass is 19.1. The van der Waals surface area contributed by atoms with Crippen molar-refractivity contribution in [2.75, 3.05) is 5.32 Å². The van der Waals surface area contributed by atoms with Crippen LogP contribution in [0, 0.1) is 5.82 Å². The van der Waals surface area contributed by atoms with Crippen LogP contribution in [0.25, 0.3) is 6.08 Å². The third kappa shape index (κ3) is 5.00. The van der Waals surface area contributed by atoms with Gasteiger partial charge in [-0.1, -0.05) is 6.07 Å². The second-order valence-corrected chi connectivity index (χ2v) is 5.19. The summed E-state index contributed by atoms with van der Waals surface area (Å²) in [7, 11) is 0. The number of benzene rings is 2. The van der Waals surface area contributed by atoms with Crippen LogP contribution in [-0.4, -0.2) is 10.9 Å². The molecule has 3 aromatic rings. The molecule has 0 unspecified atom stereocenters. The Labute approximate surface area is 144 Å². The fourth-order valence-corrected chi connectivity index (χ4v) is 2.10. The largest absolute Gasteiger partial charge is 0.457 e. The van der Waals surface area contributed by atoms with Crippen molar-refractivity contribution in [1.29, 1.82) is 0 Å². The number of anilines is 1. The summed E-state index contributed by atoms with van der Waals surface area (Å²) in [5, 5.41) is 2.76. The molecule has 2 aromatic carbocycles. The molecule has 3 rings (SSSR count). The second kappa shape index (κ2) is 7.88. The van der Waals surface area contributed by atoms with E-state index in [2.05, 4.69) is 10.3 Å². The summed E-state index contributed by atoms with van der Waals surface area (Å²) in [6.07, 6.45) is 6.48. The Morgan fingerprint density at radius 3 is 2.48 bits per heavy atom. The SMILES string of the molecule is O=C(C=Cc1ccncc1)Nc1ccc(Oc2cccc(F)c2)cc1. The van der Waals surface area contributed by atoms with Gasteiger partial charge in [0.15, 0.2) is 0 Å². The Bertz CT molecular complexity index is 878. The number of carbonyl (C=O) groups excluding carboxylic acids is 1. The fourth-order valence-electron chi connectivity index (χ4n) is 2.10. The van der Waals surface area contributed by atoms with Crippen molar-refractivity contribution in [3.63, 3.8) is 0 Å². The zero-order valence-corrected chi connectivity index (χ0v) is 13.2. The summed E-state index contributed by atoms with van der Waals surface area (Å²) >= 11 is 0. The van der Waals surface area contributed by atoms with Gasteiger partial charge in [0.1, 0.15) is 17.3 Å². The average molecular weight is 334 g/mol. The van der Waals surface area contributed by atoms with Gasteiger partial charge in [-0.2, -0.15) is 0 Å². The van der Waals surface area contributed by atoms with Crippen molar-refractivity contribution >= 4 is 17.7 Å². The molecule has 1 N–H and O–H groups in total. The molecule has 0 saturated carbocycles. The minimum Gasteiger partial charge on any atom is -0.457 e. The molecule has 25 heavy (non-hydrogen) atoms. The highest BCUT2D eigenvalue weighted by molar-refractivity contribution is 6.01. The van der Waals surface area contributed by atoms with Crippen molar-refractivity contribution in [3.05, 3.63) is 90.5 Å². The van der Waals surface area contributed by atoms with E-state index in [4.69, 9.17) is 4.74 Å². The first-order chi connectivity index (χ1) is 12.2. The number of nitrogens with zero attached hydrogens (tertiary/aromatic N) is 1. The molecule has 124 valence electrons. The van der Waals surface area contributed by atoms with Gasteiger partial charge >= 0.3 is 0 Å². The summed E-state index contributed by atoms with van der Waals surface area (Å²) in [5.41, 5.74) is 1.53. The Balaban J connectivity index is 1.59. The van der Waals surface area contributed by atoms with Crippen LogP contribution < -0.4 is 10.1 Å². The highest BCUT2D eigenvalue weighted by Gasteiger charge is 2.01. The number of ether oxygens (including phenoxy) is 1. The van der Waals surface area contributed by atoms with E-state index in [-0.39, 0.29) is 11.7 Å². The number of aromatic nitrogens is 1. The molecule has 0 spiro atoms. The van der Waals surface area contributed by atoms with E-state index in [0.717, 1.165) is 5.56 Å². The third-order valence-corrected chi connectivity index (χ3v) is 3.29. The molecule has 0 aliphatic rings. The minimum atomic E-state index is -0.359. The molecule has 0 radical (unpaired) electrons. The smallest absolute Gasteiger partial charge is 0.248 e. The maximum absolute atomic E-state index is 13.1. The van der Waals surface area contributed by atoms with Crippen LogP contribution in [0.2, 0.25) is 0 Å². The van der Waals surface area contributed by atoms with E-state index in [1.807, 2.05) is 12.1 Å². The number of carbonyl (C=O) groups is 1. The molecular formula is C20H15FN2O2. The van der Waals surface area contributed by atoms with Gasteiger partial charge in [-0.05, 0) is 60.2 Å². The van der Waals surface area contributed by atoms with Crippen LogP contribution in [0.5, 0.6) is 11.5 Å². The number of hydrogen-bond donors (Lipinski definition) is 1. The van der Waals surface area contributed by atoms with E-state index < -0.39 is 0 Å². The molecule has 0 aliphatic heterocycles. The fraction of sp³-hybridized carbons (Fsp3) is 0. The van der Waals surface area contributed by atoms with Crippen molar-refractivity contribution in [3.8, 4) is 11.5 Å². The topological polar surface area (TPSA) is 51.2 Å². The second-order valence-electron chi connectivity index (χ2n) is 5.19. The number of nitrogens with one attached hydrogen (secondary N) is 1. The standard InChI is InChI=1S/C20H15FN2O2/c21-16-2-1-3-19(14-16)25-18-7-5-17(6-8-18)23-20(24)9-4-15-10-12-22-13-11-15/h1-14H,(H,23,24). The van der Waals surface area contributed by atoms with E-state index in [1.165, 1.54) is 18.2 Å².